The topological polar surface area (TPSA) is 90.4 Å². The summed E-state index contributed by atoms with van der Waals surface area (Å²) in [5.74, 6) is 0.254. The number of rotatable bonds is 2. The molecule has 7 heteroatoms. The first-order valence-electron chi connectivity index (χ1n) is 4.85. The molecular formula is C9H13N3O3S. The Bertz CT molecular complexity index is 448. The number of nitrogens with two attached hydrogens (primary N) is 1. The number of hydrogen-bond donors (Lipinski definition) is 2. The van der Waals surface area contributed by atoms with Crippen molar-refractivity contribution >= 4 is 17.6 Å². The molecular weight excluding hydrogens is 230 g/mol. The molecule has 0 saturated carbocycles. The first-order chi connectivity index (χ1) is 7.61. The van der Waals surface area contributed by atoms with Gasteiger partial charge in [-0.25, -0.2) is 4.79 Å². The van der Waals surface area contributed by atoms with Gasteiger partial charge in [0, 0.05) is 11.8 Å². The van der Waals surface area contributed by atoms with E-state index < -0.39 is 0 Å². The average molecular weight is 243 g/mol. The third-order valence-corrected chi connectivity index (χ3v) is 3.63. The van der Waals surface area contributed by atoms with E-state index in [1.807, 2.05) is 0 Å². The fourth-order valence-electron chi connectivity index (χ4n) is 1.47. The zero-order chi connectivity index (χ0) is 11.7. The fourth-order valence-corrected chi connectivity index (χ4v) is 2.50. The molecule has 1 aromatic heterocycles. The second-order valence-electron chi connectivity index (χ2n) is 3.54. The SMILES string of the molecule is Cc1cn(C2COC(CO)S2)c(=O)nc1N. The molecule has 2 heterocycles. The van der Waals surface area contributed by atoms with Gasteiger partial charge in [0.1, 0.15) is 16.6 Å². The number of nitrogen functional groups attached to an aromatic ring is 1. The summed E-state index contributed by atoms with van der Waals surface area (Å²) in [5, 5.41) is 8.79. The van der Waals surface area contributed by atoms with Crippen molar-refractivity contribution in [2.45, 2.75) is 17.7 Å². The van der Waals surface area contributed by atoms with E-state index in [9.17, 15) is 4.79 Å². The number of anilines is 1. The minimum absolute atomic E-state index is 0.0582. The van der Waals surface area contributed by atoms with Crippen molar-refractivity contribution in [3.8, 4) is 0 Å². The lowest BCUT2D eigenvalue weighted by Gasteiger charge is -2.12. The Kier molecular flexibility index (Phi) is 3.17. The van der Waals surface area contributed by atoms with Crippen LogP contribution in [0.25, 0.3) is 0 Å². The average Bonchev–Trinajstić information content (AvgIpc) is 2.71. The van der Waals surface area contributed by atoms with Crippen molar-refractivity contribution < 1.29 is 9.84 Å². The van der Waals surface area contributed by atoms with Gasteiger partial charge in [-0.05, 0) is 6.92 Å². The molecule has 0 amide bonds. The van der Waals surface area contributed by atoms with E-state index in [1.54, 1.807) is 13.1 Å². The van der Waals surface area contributed by atoms with E-state index >= 15 is 0 Å². The van der Waals surface area contributed by atoms with Crippen molar-refractivity contribution in [2.75, 3.05) is 18.9 Å². The van der Waals surface area contributed by atoms with Crippen LogP contribution in [-0.2, 0) is 4.74 Å². The lowest BCUT2D eigenvalue weighted by molar-refractivity contribution is 0.0803. The van der Waals surface area contributed by atoms with Crippen LogP contribution in [0, 0.1) is 6.92 Å². The molecule has 2 unspecified atom stereocenters. The number of ether oxygens (including phenoxy) is 1. The lowest BCUT2D eigenvalue weighted by Crippen LogP contribution is -2.27. The van der Waals surface area contributed by atoms with Gasteiger partial charge in [0.05, 0.1) is 13.2 Å². The molecule has 1 fully saturated rings. The zero-order valence-electron chi connectivity index (χ0n) is 8.79. The quantitative estimate of drug-likeness (QED) is 0.742. The maximum absolute atomic E-state index is 11.6. The molecule has 2 atom stereocenters. The summed E-state index contributed by atoms with van der Waals surface area (Å²) in [7, 11) is 0. The Morgan fingerprint density at radius 1 is 1.81 bits per heavy atom. The predicted molar refractivity (Wildman–Crippen MR) is 61.1 cm³/mol. The van der Waals surface area contributed by atoms with E-state index in [0.29, 0.717) is 6.61 Å². The predicted octanol–water partition coefficient (Wildman–Crippen LogP) is -0.286. The number of nitrogens with zero attached hydrogens (tertiary/aromatic N) is 2. The van der Waals surface area contributed by atoms with Crippen LogP contribution in [-0.4, -0.2) is 33.3 Å². The number of hydrogen-bond acceptors (Lipinski definition) is 6. The van der Waals surface area contributed by atoms with Crippen LogP contribution >= 0.6 is 11.8 Å². The Labute approximate surface area is 96.4 Å². The van der Waals surface area contributed by atoms with E-state index in [0.717, 1.165) is 5.56 Å². The molecule has 1 aliphatic rings. The van der Waals surface area contributed by atoms with Crippen LogP contribution in [0.2, 0.25) is 0 Å². The van der Waals surface area contributed by atoms with Gasteiger partial charge in [-0.3, -0.25) is 4.57 Å². The Hall–Kier alpha value is -1.05. The maximum atomic E-state index is 11.6. The molecule has 0 radical (unpaired) electrons. The van der Waals surface area contributed by atoms with Crippen molar-refractivity contribution in [1.82, 2.24) is 9.55 Å². The Balaban J connectivity index is 2.28. The van der Waals surface area contributed by atoms with Crippen LogP contribution in [0.5, 0.6) is 0 Å². The molecule has 1 saturated heterocycles. The number of aliphatic hydroxyl groups is 1. The molecule has 0 spiro atoms. The Morgan fingerprint density at radius 2 is 2.56 bits per heavy atom. The molecule has 6 nitrogen and oxygen atoms in total. The van der Waals surface area contributed by atoms with Crippen molar-refractivity contribution in [3.05, 3.63) is 22.2 Å². The second kappa shape index (κ2) is 4.44. The summed E-state index contributed by atoms with van der Waals surface area (Å²) in [5.41, 5.74) is 5.64. The van der Waals surface area contributed by atoms with E-state index in [4.69, 9.17) is 15.6 Å². The van der Waals surface area contributed by atoms with E-state index in [1.165, 1.54) is 16.3 Å². The number of aryl methyl sites for hydroxylation is 1. The highest BCUT2D eigenvalue weighted by Crippen LogP contribution is 2.34. The van der Waals surface area contributed by atoms with Crippen molar-refractivity contribution in [1.29, 1.82) is 0 Å². The minimum Gasteiger partial charge on any atom is -0.393 e. The third-order valence-electron chi connectivity index (χ3n) is 2.37. The normalized spacial score (nSPS) is 24.9. The largest absolute Gasteiger partial charge is 0.393 e. The fraction of sp³-hybridized carbons (Fsp3) is 0.556. The van der Waals surface area contributed by atoms with Crippen molar-refractivity contribution in [3.63, 3.8) is 0 Å². The van der Waals surface area contributed by atoms with Gasteiger partial charge in [0.2, 0.25) is 0 Å². The summed E-state index contributed by atoms with van der Waals surface area (Å²) in [6.45, 7) is 2.13. The Morgan fingerprint density at radius 3 is 3.19 bits per heavy atom. The van der Waals surface area contributed by atoms with Gasteiger partial charge >= 0.3 is 5.69 Å². The summed E-state index contributed by atoms with van der Waals surface area (Å²) >= 11 is 1.40. The standard InChI is InChI=1S/C9H13N3O3S/c1-5-2-12(9(14)11-8(5)10)6-4-15-7(3-13)16-6/h2,6-7,13H,3-4H2,1H3,(H2,10,11,14). The van der Waals surface area contributed by atoms with Crippen LogP contribution < -0.4 is 11.4 Å². The molecule has 0 aromatic carbocycles. The lowest BCUT2D eigenvalue weighted by atomic mass is 10.3. The summed E-state index contributed by atoms with van der Waals surface area (Å²) in [4.78, 5) is 15.3. The first-order valence-corrected chi connectivity index (χ1v) is 5.79. The molecule has 16 heavy (non-hydrogen) atoms. The van der Waals surface area contributed by atoms with Gasteiger partial charge < -0.3 is 15.6 Å². The third kappa shape index (κ3) is 2.06. The van der Waals surface area contributed by atoms with Crippen molar-refractivity contribution in [2.24, 2.45) is 0 Å². The van der Waals surface area contributed by atoms with Gasteiger partial charge in [0.15, 0.2) is 0 Å². The van der Waals surface area contributed by atoms with Gasteiger partial charge in [-0.1, -0.05) is 0 Å². The van der Waals surface area contributed by atoms with Crippen LogP contribution in [0.1, 0.15) is 10.9 Å². The molecule has 1 aromatic rings. The zero-order valence-corrected chi connectivity index (χ0v) is 9.61. The first kappa shape index (κ1) is 11.4. The van der Waals surface area contributed by atoms with Gasteiger partial charge in [0.25, 0.3) is 0 Å². The van der Waals surface area contributed by atoms with E-state index in [2.05, 4.69) is 4.98 Å². The highest BCUT2D eigenvalue weighted by atomic mass is 32.2. The number of aromatic nitrogens is 2. The highest BCUT2D eigenvalue weighted by Gasteiger charge is 2.27. The van der Waals surface area contributed by atoms with Crippen LogP contribution in [0.3, 0.4) is 0 Å². The molecule has 2 rings (SSSR count). The summed E-state index contributed by atoms with van der Waals surface area (Å²) < 4.78 is 6.78. The van der Waals surface area contributed by atoms with Gasteiger partial charge in [-0.15, -0.1) is 11.8 Å². The monoisotopic (exact) mass is 243 g/mol. The van der Waals surface area contributed by atoms with Gasteiger partial charge in [-0.2, -0.15) is 4.98 Å². The number of thioether (sulfide) groups is 1. The number of aliphatic hydroxyl groups excluding tert-OH is 1. The molecule has 0 aliphatic carbocycles. The molecule has 0 bridgehead atoms. The maximum Gasteiger partial charge on any atom is 0.350 e. The highest BCUT2D eigenvalue weighted by molar-refractivity contribution is 8.00. The minimum atomic E-state index is -0.386. The second-order valence-corrected chi connectivity index (χ2v) is 4.88. The molecule has 3 N–H and O–H groups in total. The van der Waals surface area contributed by atoms with Crippen LogP contribution in [0.4, 0.5) is 5.82 Å². The summed E-state index contributed by atoms with van der Waals surface area (Å²) in [6.07, 6.45) is 1.67. The summed E-state index contributed by atoms with van der Waals surface area (Å²) in [6, 6.07) is 0. The molecule has 88 valence electrons. The van der Waals surface area contributed by atoms with Crippen LogP contribution in [0.15, 0.2) is 11.0 Å². The molecule has 1 aliphatic heterocycles. The smallest absolute Gasteiger partial charge is 0.350 e. The van der Waals surface area contributed by atoms with E-state index in [-0.39, 0.29) is 28.9 Å².